The maximum absolute atomic E-state index is 13.0. The largest absolute Gasteiger partial charge is 0.371 e. The maximum Gasteiger partial charge on any atom is 0.321 e. The van der Waals surface area contributed by atoms with Gasteiger partial charge in [-0.15, -0.1) is 0 Å². The minimum absolute atomic E-state index is 0.0301. The molecule has 0 spiro atoms. The SMILES string of the molecule is CCC(=O)N(c1ccccc1)C1CCN(c2ccccc2CN2CCN(C(=O)Nc3ccc(C(C)(C)C)cc3)CC2)CC1. The van der Waals surface area contributed by atoms with Crippen LogP contribution in [0.3, 0.4) is 0 Å². The summed E-state index contributed by atoms with van der Waals surface area (Å²) < 4.78 is 0. The van der Waals surface area contributed by atoms with Crippen molar-refractivity contribution < 1.29 is 9.59 Å². The second kappa shape index (κ2) is 13.6. The first-order chi connectivity index (χ1) is 20.7. The number of hydrogen-bond donors (Lipinski definition) is 1. The third-order valence-corrected chi connectivity index (χ3v) is 8.82. The lowest BCUT2D eigenvalue weighted by Gasteiger charge is -2.40. The smallest absolute Gasteiger partial charge is 0.321 e. The van der Waals surface area contributed by atoms with E-state index in [9.17, 15) is 9.59 Å². The molecule has 3 aromatic carbocycles. The molecule has 0 bridgehead atoms. The number of anilines is 3. The fourth-order valence-corrected chi connectivity index (χ4v) is 6.24. The zero-order valence-corrected chi connectivity index (χ0v) is 26.3. The summed E-state index contributed by atoms with van der Waals surface area (Å²) in [5.41, 5.74) is 5.79. The van der Waals surface area contributed by atoms with Crippen LogP contribution in [-0.2, 0) is 16.8 Å². The van der Waals surface area contributed by atoms with Crippen molar-refractivity contribution in [1.82, 2.24) is 9.80 Å². The molecule has 5 rings (SSSR count). The Labute approximate surface area is 257 Å². The molecule has 3 aromatic rings. The van der Waals surface area contributed by atoms with E-state index in [2.05, 4.69) is 72.3 Å². The molecule has 0 unspecified atom stereocenters. The van der Waals surface area contributed by atoms with Gasteiger partial charge in [-0.2, -0.15) is 0 Å². The van der Waals surface area contributed by atoms with E-state index in [0.29, 0.717) is 19.5 Å². The van der Waals surface area contributed by atoms with Gasteiger partial charge in [0.15, 0.2) is 0 Å². The van der Waals surface area contributed by atoms with E-state index in [4.69, 9.17) is 0 Å². The van der Waals surface area contributed by atoms with Crippen molar-refractivity contribution in [2.24, 2.45) is 0 Å². The van der Waals surface area contributed by atoms with Gasteiger partial charge in [-0.3, -0.25) is 9.69 Å². The highest BCUT2D eigenvalue weighted by molar-refractivity contribution is 5.93. The monoisotopic (exact) mass is 581 g/mol. The topological polar surface area (TPSA) is 59.1 Å². The van der Waals surface area contributed by atoms with Crippen LogP contribution in [0, 0.1) is 0 Å². The number of rotatable bonds is 7. The van der Waals surface area contributed by atoms with E-state index in [1.54, 1.807) is 0 Å². The molecule has 2 fully saturated rings. The van der Waals surface area contributed by atoms with Crippen LogP contribution >= 0.6 is 0 Å². The summed E-state index contributed by atoms with van der Waals surface area (Å²) in [5, 5.41) is 3.08. The molecule has 2 aliphatic rings. The van der Waals surface area contributed by atoms with Crippen molar-refractivity contribution in [2.75, 3.05) is 54.4 Å². The standard InChI is InChI=1S/C36H47N5O2/c1-5-34(42)41(31-12-7-6-8-13-31)32-19-21-39(22-20-32)33-14-10-9-11-28(33)27-38-23-25-40(26-24-38)35(43)37-30-17-15-29(16-18-30)36(2,3)4/h6-18,32H,5,19-27H2,1-4H3,(H,37,43). The molecule has 0 radical (unpaired) electrons. The van der Waals surface area contributed by atoms with Crippen molar-refractivity contribution in [2.45, 2.75) is 65.0 Å². The minimum atomic E-state index is -0.0301. The Bertz CT molecular complexity index is 1350. The third-order valence-electron chi connectivity index (χ3n) is 8.82. The fraction of sp³-hybridized carbons (Fsp3) is 0.444. The van der Waals surface area contributed by atoms with Crippen LogP contribution in [0.2, 0.25) is 0 Å². The van der Waals surface area contributed by atoms with Crippen LogP contribution in [-0.4, -0.2) is 67.0 Å². The summed E-state index contributed by atoms with van der Waals surface area (Å²) in [4.78, 5) is 34.8. The van der Waals surface area contributed by atoms with E-state index in [-0.39, 0.29) is 23.4 Å². The number of urea groups is 1. The Morgan fingerprint density at radius 3 is 2.07 bits per heavy atom. The van der Waals surface area contributed by atoms with E-state index >= 15 is 0 Å². The Hall–Kier alpha value is -3.84. The predicted octanol–water partition coefficient (Wildman–Crippen LogP) is 6.75. The van der Waals surface area contributed by atoms with Crippen LogP contribution in [0.25, 0.3) is 0 Å². The van der Waals surface area contributed by atoms with Gasteiger partial charge in [0.1, 0.15) is 0 Å². The normalized spacial score (nSPS) is 16.7. The number of piperazine rings is 1. The first kappa shape index (κ1) is 30.6. The third kappa shape index (κ3) is 7.57. The lowest BCUT2D eigenvalue weighted by molar-refractivity contribution is -0.118. The van der Waals surface area contributed by atoms with E-state index in [0.717, 1.165) is 56.9 Å². The Morgan fingerprint density at radius 1 is 0.814 bits per heavy atom. The van der Waals surface area contributed by atoms with E-state index in [1.807, 2.05) is 59.2 Å². The molecular formula is C36H47N5O2. The molecule has 0 saturated carbocycles. The summed E-state index contributed by atoms with van der Waals surface area (Å²) in [6.45, 7) is 14.3. The number of carbonyl (C=O) groups is 2. The van der Waals surface area contributed by atoms with Crippen molar-refractivity contribution in [1.29, 1.82) is 0 Å². The Kier molecular flexibility index (Phi) is 9.71. The molecule has 0 aliphatic carbocycles. The van der Waals surface area contributed by atoms with Crippen molar-refractivity contribution >= 4 is 29.0 Å². The highest BCUT2D eigenvalue weighted by atomic mass is 16.2. The molecule has 0 atom stereocenters. The highest BCUT2D eigenvalue weighted by Crippen LogP contribution is 2.30. The zero-order chi connectivity index (χ0) is 30.4. The van der Waals surface area contributed by atoms with Crippen LogP contribution in [0.15, 0.2) is 78.9 Å². The molecule has 0 aromatic heterocycles. The lowest BCUT2D eigenvalue weighted by atomic mass is 9.87. The molecular weight excluding hydrogens is 534 g/mol. The van der Waals surface area contributed by atoms with Gasteiger partial charge in [0, 0.05) is 75.3 Å². The second-order valence-corrected chi connectivity index (χ2v) is 12.8. The number of benzene rings is 3. The molecule has 228 valence electrons. The van der Waals surface area contributed by atoms with Gasteiger partial charge < -0.3 is 20.0 Å². The molecule has 2 heterocycles. The van der Waals surface area contributed by atoms with Crippen molar-refractivity contribution in [3.05, 3.63) is 90.0 Å². The number of hydrogen-bond acceptors (Lipinski definition) is 4. The summed E-state index contributed by atoms with van der Waals surface area (Å²) >= 11 is 0. The summed E-state index contributed by atoms with van der Waals surface area (Å²) in [6, 6.07) is 27.2. The summed E-state index contributed by atoms with van der Waals surface area (Å²) in [7, 11) is 0. The first-order valence-corrected chi connectivity index (χ1v) is 15.8. The van der Waals surface area contributed by atoms with Crippen LogP contribution < -0.4 is 15.1 Å². The summed E-state index contributed by atoms with van der Waals surface area (Å²) in [6.07, 6.45) is 2.40. The van der Waals surface area contributed by atoms with Gasteiger partial charge in [0.2, 0.25) is 5.91 Å². The quantitative estimate of drug-likeness (QED) is 0.336. The van der Waals surface area contributed by atoms with Crippen LogP contribution in [0.1, 0.15) is 58.1 Å². The number of piperidine rings is 1. The predicted molar refractivity (Wildman–Crippen MR) is 177 cm³/mol. The fourth-order valence-electron chi connectivity index (χ4n) is 6.24. The van der Waals surface area contributed by atoms with Gasteiger partial charge in [-0.1, -0.05) is 76.2 Å². The number of nitrogens with one attached hydrogen (secondary N) is 1. The first-order valence-electron chi connectivity index (χ1n) is 15.8. The average molecular weight is 582 g/mol. The number of para-hydroxylation sites is 2. The number of carbonyl (C=O) groups excluding carboxylic acids is 2. The number of nitrogens with zero attached hydrogens (tertiary/aromatic N) is 4. The Balaban J connectivity index is 1.14. The van der Waals surface area contributed by atoms with E-state index < -0.39 is 0 Å². The van der Waals surface area contributed by atoms with Crippen molar-refractivity contribution in [3.63, 3.8) is 0 Å². The molecule has 43 heavy (non-hydrogen) atoms. The highest BCUT2D eigenvalue weighted by Gasteiger charge is 2.29. The van der Waals surface area contributed by atoms with Crippen LogP contribution in [0.5, 0.6) is 0 Å². The molecule has 3 amide bonds. The average Bonchev–Trinajstić information content (AvgIpc) is 3.02. The van der Waals surface area contributed by atoms with E-state index in [1.165, 1.54) is 16.8 Å². The van der Waals surface area contributed by atoms with Gasteiger partial charge in [0.05, 0.1) is 0 Å². The number of amides is 3. The van der Waals surface area contributed by atoms with Gasteiger partial charge in [-0.05, 0) is 59.7 Å². The van der Waals surface area contributed by atoms with Gasteiger partial charge in [-0.25, -0.2) is 4.79 Å². The van der Waals surface area contributed by atoms with Gasteiger partial charge in [0.25, 0.3) is 0 Å². The molecule has 2 saturated heterocycles. The molecule has 7 heteroatoms. The molecule has 7 nitrogen and oxygen atoms in total. The zero-order valence-electron chi connectivity index (χ0n) is 26.3. The van der Waals surface area contributed by atoms with Crippen LogP contribution in [0.4, 0.5) is 21.9 Å². The maximum atomic E-state index is 13.0. The summed E-state index contributed by atoms with van der Waals surface area (Å²) in [5.74, 6) is 0.191. The van der Waals surface area contributed by atoms with Gasteiger partial charge >= 0.3 is 6.03 Å². The minimum Gasteiger partial charge on any atom is -0.371 e. The lowest BCUT2D eigenvalue weighted by Crippen LogP contribution is -2.50. The van der Waals surface area contributed by atoms with Crippen molar-refractivity contribution in [3.8, 4) is 0 Å². The second-order valence-electron chi connectivity index (χ2n) is 12.8. The Morgan fingerprint density at radius 2 is 1.44 bits per heavy atom. The molecule has 2 aliphatic heterocycles. The molecule has 1 N–H and O–H groups in total.